The van der Waals surface area contributed by atoms with Crippen molar-refractivity contribution in [2.24, 2.45) is 0 Å². The highest BCUT2D eigenvalue weighted by atomic mass is 32.2. The van der Waals surface area contributed by atoms with Crippen molar-refractivity contribution in [3.63, 3.8) is 0 Å². The van der Waals surface area contributed by atoms with Gasteiger partial charge >= 0.3 is 5.76 Å². The van der Waals surface area contributed by atoms with Crippen molar-refractivity contribution in [1.29, 1.82) is 0 Å². The molecule has 26 heavy (non-hydrogen) atoms. The van der Waals surface area contributed by atoms with Crippen LogP contribution in [0.25, 0.3) is 0 Å². The lowest BCUT2D eigenvalue weighted by atomic mass is 10.1. The van der Waals surface area contributed by atoms with Crippen molar-refractivity contribution in [1.82, 2.24) is 5.32 Å². The van der Waals surface area contributed by atoms with Crippen LogP contribution < -0.4 is 10.6 Å². The molecule has 0 radical (unpaired) electrons. The maximum atomic E-state index is 13.4. The first-order valence-electron chi connectivity index (χ1n) is 7.62. The van der Waals surface area contributed by atoms with Crippen molar-refractivity contribution >= 4 is 21.4 Å². The molecule has 0 spiro atoms. The van der Waals surface area contributed by atoms with Gasteiger partial charge in [-0.25, -0.2) is 12.8 Å². The van der Waals surface area contributed by atoms with Crippen LogP contribution in [0.5, 0.6) is 0 Å². The summed E-state index contributed by atoms with van der Waals surface area (Å²) in [6.07, 6.45) is 0. The van der Waals surface area contributed by atoms with E-state index in [9.17, 15) is 26.4 Å². The van der Waals surface area contributed by atoms with Crippen LogP contribution in [0, 0.1) is 12.7 Å². The smallest absolute Gasteiger partial charge is 0.341 e. The molecule has 0 unspecified atom stereocenters. The van der Waals surface area contributed by atoms with Gasteiger partial charge in [-0.1, -0.05) is 6.07 Å². The standard InChI is InChI=1S/C17H17F3N2O3S/c1-11-2-3-12(10-15(11)18)16(23)22-9-8-21-13-4-6-14(7-5-13)26(24,25)17(19)20/h2-7,10,17,21H,8-9H2,1H3,(H,22,23). The Bertz CT molecular complexity index is 885. The quantitative estimate of drug-likeness (QED) is 0.718. The molecule has 0 saturated carbocycles. The fourth-order valence-electron chi connectivity index (χ4n) is 2.08. The Kier molecular flexibility index (Phi) is 6.25. The van der Waals surface area contributed by atoms with Crippen molar-refractivity contribution < 1.29 is 26.4 Å². The van der Waals surface area contributed by atoms with Crippen LogP contribution in [0.2, 0.25) is 0 Å². The molecule has 0 aliphatic carbocycles. The Labute approximate surface area is 149 Å². The average molecular weight is 386 g/mol. The number of anilines is 1. The number of carbonyl (C=O) groups excluding carboxylic acids is 1. The predicted molar refractivity (Wildman–Crippen MR) is 91.6 cm³/mol. The van der Waals surface area contributed by atoms with Crippen LogP contribution in [-0.4, -0.2) is 33.2 Å². The van der Waals surface area contributed by atoms with Gasteiger partial charge in [-0.15, -0.1) is 0 Å². The third kappa shape index (κ3) is 4.75. The minimum Gasteiger partial charge on any atom is -0.383 e. The SMILES string of the molecule is Cc1ccc(C(=O)NCCNc2ccc(S(=O)(=O)C(F)F)cc2)cc1F. The van der Waals surface area contributed by atoms with Crippen LogP contribution in [0.4, 0.5) is 18.9 Å². The molecule has 0 aromatic heterocycles. The van der Waals surface area contributed by atoms with E-state index >= 15 is 0 Å². The Morgan fingerprint density at radius 1 is 1.08 bits per heavy atom. The van der Waals surface area contributed by atoms with E-state index < -0.39 is 32.2 Å². The molecule has 140 valence electrons. The second kappa shape index (κ2) is 8.22. The van der Waals surface area contributed by atoms with E-state index in [0.717, 1.165) is 18.2 Å². The number of alkyl halides is 2. The Morgan fingerprint density at radius 3 is 2.31 bits per heavy atom. The third-order valence-electron chi connectivity index (χ3n) is 3.59. The molecule has 2 aromatic rings. The van der Waals surface area contributed by atoms with Gasteiger partial charge in [0.05, 0.1) is 4.90 Å². The third-order valence-corrected chi connectivity index (χ3v) is 4.99. The summed E-state index contributed by atoms with van der Waals surface area (Å²) in [5.41, 5.74) is 1.16. The Hall–Kier alpha value is -2.55. The minimum atomic E-state index is -4.62. The summed E-state index contributed by atoms with van der Waals surface area (Å²) in [5.74, 6) is -4.36. The van der Waals surface area contributed by atoms with E-state index in [1.807, 2.05) is 0 Å². The Morgan fingerprint density at radius 2 is 1.73 bits per heavy atom. The summed E-state index contributed by atoms with van der Waals surface area (Å²) in [7, 11) is -4.62. The van der Waals surface area contributed by atoms with Gasteiger partial charge in [-0.2, -0.15) is 8.78 Å². The van der Waals surface area contributed by atoms with Crippen molar-refractivity contribution in [2.45, 2.75) is 17.6 Å². The number of hydrogen-bond acceptors (Lipinski definition) is 4. The van der Waals surface area contributed by atoms with E-state index in [2.05, 4.69) is 10.6 Å². The number of halogens is 3. The lowest BCUT2D eigenvalue weighted by molar-refractivity contribution is 0.0954. The first-order chi connectivity index (χ1) is 12.2. The van der Waals surface area contributed by atoms with Gasteiger partial charge in [0.1, 0.15) is 5.82 Å². The number of sulfone groups is 1. The number of carbonyl (C=O) groups is 1. The Balaban J connectivity index is 1.84. The van der Waals surface area contributed by atoms with Gasteiger partial charge in [0.2, 0.25) is 9.84 Å². The molecule has 0 saturated heterocycles. The van der Waals surface area contributed by atoms with Gasteiger partial charge in [0.25, 0.3) is 5.91 Å². The van der Waals surface area contributed by atoms with Gasteiger partial charge in [0, 0.05) is 24.3 Å². The van der Waals surface area contributed by atoms with Crippen LogP contribution in [-0.2, 0) is 9.84 Å². The topological polar surface area (TPSA) is 75.3 Å². The summed E-state index contributed by atoms with van der Waals surface area (Å²) in [4.78, 5) is 11.4. The number of benzene rings is 2. The molecule has 0 heterocycles. The number of aryl methyl sites for hydroxylation is 1. The molecule has 2 N–H and O–H groups in total. The van der Waals surface area contributed by atoms with Crippen LogP contribution in [0.3, 0.4) is 0 Å². The van der Waals surface area contributed by atoms with Crippen molar-refractivity contribution in [3.05, 3.63) is 59.4 Å². The van der Waals surface area contributed by atoms with Gasteiger partial charge in [0.15, 0.2) is 0 Å². The van der Waals surface area contributed by atoms with Gasteiger partial charge in [-0.3, -0.25) is 4.79 Å². The van der Waals surface area contributed by atoms with Crippen LogP contribution >= 0.6 is 0 Å². The van der Waals surface area contributed by atoms with Crippen LogP contribution in [0.1, 0.15) is 15.9 Å². The number of hydrogen-bond donors (Lipinski definition) is 2. The first-order valence-corrected chi connectivity index (χ1v) is 9.17. The monoisotopic (exact) mass is 386 g/mol. The van der Waals surface area contributed by atoms with Crippen LogP contribution in [0.15, 0.2) is 47.4 Å². The van der Waals surface area contributed by atoms with E-state index in [1.165, 1.54) is 24.3 Å². The van der Waals surface area contributed by atoms with E-state index in [4.69, 9.17) is 0 Å². The molecular formula is C17H17F3N2O3S. The summed E-state index contributed by atoms with van der Waals surface area (Å²) in [6.45, 7) is 2.13. The fraction of sp³-hybridized carbons (Fsp3) is 0.235. The maximum absolute atomic E-state index is 13.4. The summed E-state index contributed by atoms with van der Waals surface area (Å²) in [5, 5.41) is 5.51. The number of amides is 1. The molecular weight excluding hydrogens is 369 g/mol. The zero-order valence-electron chi connectivity index (χ0n) is 13.8. The normalized spacial score (nSPS) is 11.4. The zero-order valence-corrected chi connectivity index (χ0v) is 14.6. The first kappa shape index (κ1) is 19.8. The summed E-state index contributed by atoms with van der Waals surface area (Å²) >= 11 is 0. The molecule has 2 rings (SSSR count). The molecule has 0 aliphatic heterocycles. The van der Waals surface area contributed by atoms with Gasteiger partial charge < -0.3 is 10.6 Å². The predicted octanol–water partition coefficient (Wildman–Crippen LogP) is 2.97. The van der Waals surface area contributed by atoms with Crippen molar-refractivity contribution in [2.75, 3.05) is 18.4 Å². The lowest BCUT2D eigenvalue weighted by Gasteiger charge is -2.09. The van der Waals surface area contributed by atoms with Crippen molar-refractivity contribution in [3.8, 4) is 0 Å². The van der Waals surface area contributed by atoms with E-state index in [0.29, 0.717) is 17.8 Å². The molecule has 0 atom stereocenters. The second-order valence-corrected chi connectivity index (χ2v) is 7.39. The number of rotatable bonds is 7. The molecule has 9 heteroatoms. The number of nitrogens with one attached hydrogen (secondary N) is 2. The van der Waals surface area contributed by atoms with E-state index in [1.54, 1.807) is 6.92 Å². The largest absolute Gasteiger partial charge is 0.383 e. The summed E-state index contributed by atoms with van der Waals surface area (Å²) < 4.78 is 60.9. The molecule has 2 aromatic carbocycles. The van der Waals surface area contributed by atoms with E-state index in [-0.39, 0.29) is 12.1 Å². The molecule has 0 aliphatic rings. The zero-order chi connectivity index (χ0) is 19.3. The highest BCUT2D eigenvalue weighted by Gasteiger charge is 2.26. The van der Waals surface area contributed by atoms with Gasteiger partial charge in [-0.05, 0) is 48.9 Å². The maximum Gasteiger partial charge on any atom is 0.341 e. The molecule has 0 bridgehead atoms. The average Bonchev–Trinajstić information content (AvgIpc) is 2.61. The lowest BCUT2D eigenvalue weighted by Crippen LogP contribution is -2.28. The highest BCUT2D eigenvalue weighted by molar-refractivity contribution is 7.91. The molecule has 5 nitrogen and oxygen atoms in total. The molecule has 1 amide bonds. The minimum absolute atomic E-state index is 0.203. The summed E-state index contributed by atoms with van der Waals surface area (Å²) in [6, 6.07) is 9.05. The second-order valence-electron chi connectivity index (χ2n) is 5.48. The molecule has 0 fully saturated rings. The fourth-order valence-corrected chi connectivity index (χ4v) is 2.81. The highest BCUT2D eigenvalue weighted by Crippen LogP contribution is 2.20.